The number of esters is 1. The van der Waals surface area contributed by atoms with Crippen molar-refractivity contribution in [1.29, 1.82) is 0 Å². The normalized spacial score (nSPS) is 31.9. The fraction of sp³-hybridized carbons (Fsp3) is 0.905. The topological polar surface area (TPSA) is 102 Å². The van der Waals surface area contributed by atoms with Gasteiger partial charge in [0.15, 0.2) is 0 Å². The quantitative estimate of drug-likeness (QED) is 0.544. The summed E-state index contributed by atoms with van der Waals surface area (Å²) in [6, 6.07) is 0. The standard InChI is InChI=1S/C21H36O7/c1-5-15(22)11-17-7-9-19(28-17)14(4)21(25)26-12(2)10-16-6-8-18(27-16)13(3)20(23)24/h12-19,22H,5-11H2,1-4H3,(H,23,24)/t12-,13+,14+,15-,16-,17-,18+,19+/m0/s1. The van der Waals surface area contributed by atoms with Gasteiger partial charge in [0.25, 0.3) is 0 Å². The Bertz CT molecular complexity index is 523. The zero-order valence-corrected chi connectivity index (χ0v) is 17.5. The highest BCUT2D eigenvalue weighted by Crippen LogP contribution is 2.31. The number of aliphatic hydroxyl groups is 1. The van der Waals surface area contributed by atoms with Crippen LogP contribution in [-0.2, 0) is 23.8 Å². The first-order valence-electron chi connectivity index (χ1n) is 10.6. The van der Waals surface area contributed by atoms with Crippen LogP contribution in [0.25, 0.3) is 0 Å². The average Bonchev–Trinajstić information content (AvgIpc) is 3.29. The molecule has 2 aliphatic heterocycles. The molecule has 28 heavy (non-hydrogen) atoms. The van der Waals surface area contributed by atoms with Gasteiger partial charge in [0.2, 0.25) is 0 Å². The molecule has 2 aliphatic rings. The Morgan fingerprint density at radius 2 is 1.50 bits per heavy atom. The van der Waals surface area contributed by atoms with Crippen LogP contribution in [0, 0.1) is 11.8 Å². The molecule has 0 aromatic carbocycles. The molecule has 0 aromatic rings. The van der Waals surface area contributed by atoms with Crippen molar-refractivity contribution in [3.8, 4) is 0 Å². The molecular weight excluding hydrogens is 364 g/mol. The number of aliphatic carboxylic acids is 1. The van der Waals surface area contributed by atoms with E-state index in [0.717, 1.165) is 25.7 Å². The van der Waals surface area contributed by atoms with Crippen LogP contribution < -0.4 is 0 Å². The average molecular weight is 401 g/mol. The first-order valence-corrected chi connectivity index (χ1v) is 10.6. The minimum Gasteiger partial charge on any atom is -0.481 e. The molecule has 0 amide bonds. The number of rotatable bonds is 10. The van der Waals surface area contributed by atoms with E-state index in [4.69, 9.17) is 19.3 Å². The zero-order chi connectivity index (χ0) is 20.8. The van der Waals surface area contributed by atoms with Crippen molar-refractivity contribution in [2.75, 3.05) is 0 Å². The van der Waals surface area contributed by atoms with Crippen LogP contribution in [0.2, 0.25) is 0 Å². The van der Waals surface area contributed by atoms with Crippen molar-refractivity contribution < 1.29 is 34.0 Å². The van der Waals surface area contributed by atoms with Crippen molar-refractivity contribution >= 4 is 11.9 Å². The maximum absolute atomic E-state index is 12.5. The van der Waals surface area contributed by atoms with E-state index in [0.29, 0.717) is 19.3 Å². The molecule has 0 aliphatic carbocycles. The number of carboxylic acids is 1. The first-order chi connectivity index (χ1) is 13.2. The van der Waals surface area contributed by atoms with Crippen molar-refractivity contribution in [3.63, 3.8) is 0 Å². The molecule has 2 saturated heterocycles. The first kappa shape index (κ1) is 23.1. The summed E-state index contributed by atoms with van der Waals surface area (Å²) >= 11 is 0. The molecule has 7 heteroatoms. The Balaban J connectivity index is 1.73. The smallest absolute Gasteiger partial charge is 0.311 e. The van der Waals surface area contributed by atoms with E-state index >= 15 is 0 Å². The highest BCUT2D eigenvalue weighted by Gasteiger charge is 2.36. The van der Waals surface area contributed by atoms with Gasteiger partial charge >= 0.3 is 11.9 Å². The summed E-state index contributed by atoms with van der Waals surface area (Å²) < 4.78 is 17.4. The third kappa shape index (κ3) is 6.42. The lowest BCUT2D eigenvalue weighted by Gasteiger charge is -2.23. The van der Waals surface area contributed by atoms with Gasteiger partial charge in [-0.1, -0.05) is 6.92 Å². The Hall–Kier alpha value is -1.18. The number of aliphatic hydroxyl groups excluding tert-OH is 1. The molecule has 162 valence electrons. The Morgan fingerprint density at radius 1 is 0.964 bits per heavy atom. The summed E-state index contributed by atoms with van der Waals surface area (Å²) in [5.41, 5.74) is 0. The molecule has 2 N–H and O–H groups in total. The summed E-state index contributed by atoms with van der Waals surface area (Å²) in [5.74, 6) is -2.00. The number of carbonyl (C=O) groups excluding carboxylic acids is 1. The van der Waals surface area contributed by atoms with E-state index in [9.17, 15) is 14.7 Å². The van der Waals surface area contributed by atoms with E-state index < -0.39 is 11.9 Å². The van der Waals surface area contributed by atoms with Gasteiger partial charge in [-0.15, -0.1) is 0 Å². The predicted octanol–water partition coefficient (Wildman–Crippen LogP) is 2.92. The molecule has 0 saturated carbocycles. The summed E-state index contributed by atoms with van der Waals surface area (Å²) in [6.07, 6.45) is 3.88. The lowest BCUT2D eigenvalue weighted by atomic mass is 10.0. The van der Waals surface area contributed by atoms with Gasteiger partial charge in [-0.05, 0) is 59.3 Å². The monoisotopic (exact) mass is 400 g/mol. The van der Waals surface area contributed by atoms with Gasteiger partial charge in [0, 0.05) is 6.42 Å². The third-order valence-corrected chi connectivity index (χ3v) is 6.08. The van der Waals surface area contributed by atoms with E-state index in [1.54, 1.807) is 6.92 Å². The maximum Gasteiger partial charge on any atom is 0.311 e. The lowest BCUT2D eigenvalue weighted by Crippen LogP contribution is -2.32. The molecular formula is C21H36O7. The summed E-state index contributed by atoms with van der Waals surface area (Å²) in [7, 11) is 0. The minimum absolute atomic E-state index is 0.00710. The summed E-state index contributed by atoms with van der Waals surface area (Å²) in [5, 5.41) is 18.9. The highest BCUT2D eigenvalue weighted by atomic mass is 16.6. The Morgan fingerprint density at radius 3 is 2.04 bits per heavy atom. The SMILES string of the molecule is CC[C@H](O)C[C@@H]1CC[C@H]([C@@H](C)C(=O)O[C@@H](C)C[C@@H]2CC[C@H]([C@@H](C)C(=O)O)O2)O1. The van der Waals surface area contributed by atoms with Gasteiger partial charge in [-0.3, -0.25) is 9.59 Å². The summed E-state index contributed by atoms with van der Waals surface area (Å²) in [6.45, 7) is 7.28. The molecule has 2 rings (SSSR count). The molecule has 0 bridgehead atoms. The van der Waals surface area contributed by atoms with Gasteiger partial charge < -0.3 is 24.4 Å². The largest absolute Gasteiger partial charge is 0.481 e. The molecule has 8 atom stereocenters. The van der Waals surface area contributed by atoms with Crippen LogP contribution in [0.1, 0.15) is 72.6 Å². The fourth-order valence-electron chi connectivity index (χ4n) is 4.05. The van der Waals surface area contributed by atoms with E-state index in [1.807, 2.05) is 20.8 Å². The second-order valence-corrected chi connectivity index (χ2v) is 8.44. The van der Waals surface area contributed by atoms with Crippen LogP contribution in [0.3, 0.4) is 0 Å². The lowest BCUT2D eigenvalue weighted by molar-refractivity contribution is -0.159. The third-order valence-electron chi connectivity index (χ3n) is 6.08. The maximum atomic E-state index is 12.5. The predicted molar refractivity (Wildman–Crippen MR) is 103 cm³/mol. The number of carboxylic acid groups (broad SMARTS) is 1. The fourth-order valence-corrected chi connectivity index (χ4v) is 4.05. The van der Waals surface area contributed by atoms with Crippen molar-refractivity contribution in [3.05, 3.63) is 0 Å². The molecule has 0 spiro atoms. The number of hydrogen-bond acceptors (Lipinski definition) is 6. The number of carbonyl (C=O) groups is 2. The minimum atomic E-state index is -0.847. The van der Waals surface area contributed by atoms with Crippen LogP contribution >= 0.6 is 0 Å². The van der Waals surface area contributed by atoms with E-state index in [2.05, 4.69) is 0 Å². The molecule has 0 unspecified atom stereocenters. The van der Waals surface area contributed by atoms with Gasteiger partial charge in [-0.2, -0.15) is 0 Å². The number of hydrogen-bond donors (Lipinski definition) is 2. The van der Waals surface area contributed by atoms with Crippen LogP contribution in [0.5, 0.6) is 0 Å². The molecule has 0 radical (unpaired) electrons. The Labute approximate surface area is 167 Å². The molecule has 7 nitrogen and oxygen atoms in total. The Kier molecular flexibility index (Phi) is 8.71. The van der Waals surface area contributed by atoms with E-state index in [-0.39, 0.29) is 48.5 Å². The van der Waals surface area contributed by atoms with Gasteiger partial charge in [-0.25, -0.2) is 0 Å². The molecule has 2 fully saturated rings. The van der Waals surface area contributed by atoms with Crippen molar-refractivity contribution in [1.82, 2.24) is 0 Å². The summed E-state index contributed by atoms with van der Waals surface area (Å²) in [4.78, 5) is 23.6. The van der Waals surface area contributed by atoms with Crippen molar-refractivity contribution in [2.45, 2.75) is 109 Å². The second kappa shape index (κ2) is 10.6. The van der Waals surface area contributed by atoms with E-state index in [1.165, 1.54) is 0 Å². The van der Waals surface area contributed by atoms with Gasteiger partial charge in [0.05, 0.1) is 42.4 Å². The van der Waals surface area contributed by atoms with Crippen molar-refractivity contribution in [2.24, 2.45) is 11.8 Å². The van der Waals surface area contributed by atoms with Crippen LogP contribution in [-0.4, -0.2) is 58.8 Å². The number of ether oxygens (including phenoxy) is 3. The molecule has 2 heterocycles. The highest BCUT2D eigenvalue weighted by molar-refractivity contribution is 5.73. The zero-order valence-electron chi connectivity index (χ0n) is 17.5. The van der Waals surface area contributed by atoms with Crippen LogP contribution in [0.4, 0.5) is 0 Å². The second-order valence-electron chi connectivity index (χ2n) is 8.44. The molecule has 0 aromatic heterocycles. The van der Waals surface area contributed by atoms with Gasteiger partial charge in [0.1, 0.15) is 6.10 Å². The van der Waals surface area contributed by atoms with Crippen LogP contribution in [0.15, 0.2) is 0 Å².